The first-order valence-corrected chi connectivity index (χ1v) is 47.9. The van der Waals surface area contributed by atoms with E-state index in [9.17, 15) is 29.4 Å². The highest BCUT2D eigenvalue weighted by Gasteiger charge is 2.67. The number of hydrogen-bond donors (Lipinski definition) is 2. The highest BCUT2D eigenvalue weighted by Crippen LogP contribution is 2.63. The molecule has 12 heterocycles. The molecule has 0 radical (unpaired) electrons. The van der Waals surface area contributed by atoms with Crippen molar-refractivity contribution in [3.63, 3.8) is 0 Å². The van der Waals surface area contributed by atoms with Crippen LogP contribution in [0.2, 0.25) is 0 Å². The molecule has 36 unspecified atom stereocenters. The van der Waals surface area contributed by atoms with E-state index in [1.165, 1.54) is 77.0 Å². The molecule has 18 heteroatoms. The monoisotopic (exact) mass is 1580 g/mol. The summed E-state index contributed by atoms with van der Waals surface area (Å²) in [7, 11) is 0. The van der Waals surface area contributed by atoms with Crippen LogP contribution in [0.4, 0.5) is 0 Å². The molecule has 19 fully saturated rings. The predicted octanol–water partition coefficient (Wildman–Crippen LogP) is 17.8. The van der Waals surface area contributed by atoms with Crippen molar-refractivity contribution in [1.82, 2.24) is 0 Å². The standard InChI is InChI=1S/C27H44O5.C24H38O5.C23H36O4.C21H34O4/c1-4-19-23-21-14-17(25(31-21)24(23)20(5-2)30-19)15-26(3,29)16-22(28)32-27(12-8-9-13-27)18-10-6-7-11-18;1-4-17-21-19-10-14(23(28-19)22(21)18(5-2)27-17)9-16(25)11-20(26)29-24(3)12-13-6-7-15(24)8-13;1-4-16-20-18-10-14(22(26-18)21(20)17(5-2)25-16)11-19(24)27-23(6-3)12-13-7-8-15(23)9-13;1-4-14-18-16-12-13(20(24-16)19(18)15(5-2)23-14)8-9-17(22)25-21(3)10-6-7-11-21/h17-21,23-25,29H,4-16H2,1-3H3;13-19,21-23,25H,4-12H2,1-3H3;13-18,20-22H,4-12H2,1-3H3;13-16,18-20H,4-12H2,1-3H3. The minimum absolute atomic E-state index is 0.00938. The number of hydrogen-bond acceptors (Lipinski definition) is 18. The summed E-state index contributed by atoms with van der Waals surface area (Å²) in [4.78, 5) is 50.8. The Bertz CT molecular complexity index is 3230. The van der Waals surface area contributed by atoms with Gasteiger partial charge in [-0.3, -0.25) is 19.2 Å². The van der Waals surface area contributed by atoms with Crippen LogP contribution in [0.5, 0.6) is 0 Å². The third-order valence-electron chi connectivity index (χ3n) is 34.9. The van der Waals surface area contributed by atoms with Crippen molar-refractivity contribution in [1.29, 1.82) is 0 Å². The number of carbonyl (C=O) groups excluding carboxylic acids is 4. The van der Waals surface area contributed by atoms with Gasteiger partial charge in [0, 0.05) is 53.8 Å². The molecule has 7 saturated carbocycles. The molecule has 0 aromatic heterocycles. The predicted molar refractivity (Wildman–Crippen MR) is 428 cm³/mol. The summed E-state index contributed by atoms with van der Waals surface area (Å²) < 4.78 is 75.1. The van der Waals surface area contributed by atoms with Crippen LogP contribution in [0, 0.1) is 101 Å². The Morgan fingerprint density at radius 3 is 1.32 bits per heavy atom. The summed E-state index contributed by atoms with van der Waals surface area (Å²) in [5, 5.41) is 21.9. The molecule has 19 rings (SSSR count). The molecule has 2 N–H and O–H groups in total. The zero-order valence-electron chi connectivity index (χ0n) is 71.8. The molecule has 0 amide bonds. The molecule has 7 aliphatic carbocycles. The zero-order chi connectivity index (χ0) is 79.2. The highest BCUT2D eigenvalue weighted by atomic mass is 16.6. The number of rotatable bonds is 27. The van der Waals surface area contributed by atoms with E-state index in [1.54, 1.807) is 0 Å². The Balaban J connectivity index is 0.000000114. The summed E-state index contributed by atoms with van der Waals surface area (Å²) in [6, 6.07) is 0. The van der Waals surface area contributed by atoms with Gasteiger partial charge in [0.2, 0.25) is 0 Å². The van der Waals surface area contributed by atoms with E-state index in [0.29, 0.717) is 169 Å². The van der Waals surface area contributed by atoms with Crippen LogP contribution in [0.25, 0.3) is 0 Å². The maximum absolute atomic E-state index is 13.0. The average Bonchev–Trinajstić information content (AvgIpc) is 1.58. The van der Waals surface area contributed by atoms with Crippen molar-refractivity contribution in [2.75, 3.05) is 0 Å². The van der Waals surface area contributed by atoms with Gasteiger partial charge in [0.25, 0.3) is 0 Å². The van der Waals surface area contributed by atoms with Gasteiger partial charge in [0.15, 0.2) is 0 Å². The molecule has 640 valence electrons. The Kier molecular flexibility index (Phi) is 25.6. The molecule has 18 nitrogen and oxygen atoms in total. The molecule has 0 aromatic carbocycles. The van der Waals surface area contributed by atoms with Crippen molar-refractivity contribution >= 4 is 23.9 Å². The van der Waals surface area contributed by atoms with Gasteiger partial charge in [0.05, 0.1) is 129 Å². The summed E-state index contributed by atoms with van der Waals surface area (Å²) >= 11 is 0. The second kappa shape index (κ2) is 34.4. The molecular weight excluding hydrogens is 1430 g/mol. The second-order valence-electron chi connectivity index (χ2n) is 41.7. The topological polar surface area (TPSA) is 219 Å². The van der Waals surface area contributed by atoms with E-state index < -0.39 is 11.7 Å². The van der Waals surface area contributed by atoms with Gasteiger partial charge in [-0.15, -0.1) is 0 Å². The number of fused-ring (bicyclic) bond motifs is 24. The van der Waals surface area contributed by atoms with Crippen LogP contribution in [-0.2, 0) is 76.0 Å². The smallest absolute Gasteiger partial charge is 0.309 e. The molecule has 113 heavy (non-hydrogen) atoms. The molecule has 12 aliphatic heterocycles. The largest absolute Gasteiger partial charge is 0.459 e. The first-order valence-electron chi connectivity index (χ1n) is 47.9. The van der Waals surface area contributed by atoms with E-state index in [1.807, 2.05) is 6.92 Å². The van der Waals surface area contributed by atoms with Crippen LogP contribution in [0.3, 0.4) is 0 Å². The molecule has 0 aromatic rings. The van der Waals surface area contributed by atoms with Crippen LogP contribution in [0.15, 0.2) is 0 Å². The van der Waals surface area contributed by atoms with Crippen molar-refractivity contribution in [3.8, 4) is 0 Å². The van der Waals surface area contributed by atoms with Crippen molar-refractivity contribution in [3.05, 3.63) is 0 Å². The van der Waals surface area contributed by atoms with Crippen LogP contribution < -0.4 is 0 Å². The first-order chi connectivity index (χ1) is 54.4. The average molecular weight is 1580 g/mol. The minimum atomic E-state index is -1.05. The fraction of sp³-hybridized carbons (Fsp3) is 0.958. The maximum Gasteiger partial charge on any atom is 0.309 e. The van der Waals surface area contributed by atoms with Crippen molar-refractivity contribution < 1.29 is 86.2 Å². The third kappa shape index (κ3) is 16.3. The number of aliphatic hydroxyl groups excluding tert-OH is 1. The molecule has 19 aliphatic rings. The van der Waals surface area contributed by atoms with Gasteiger partial charge < -0.3 is 67.1 Å². The SMILES string of the molecule is CCC1OC(CC)C2C3OC(CC3CC(=O)OC3(CC)CC4CCC3C4)C12.CCC1OC(CC)C2C3OC(CC3CC(C)(O)CC(=O)OC3(C4CCCC4)CCCC3)C12.CCC1OC(CC)C2C3OC(CC3CC(O)CC(=O)OC3(C)CC4CCC3C4)C12.CCC1OC(CC)C2C3OC(CC3CCC(=O)OC3(C)CCCC3)C12. The zero-order valence-corrected chi connectivity index (χ0v) is 71.8. The maximum atomic E-state index is 13.0. The Hall–Kier alpha value is -2.52. The van der Waals surface area contributed by atoms with E-state index in [-0.39, 0.29) is 102 Å². The van der Waals surface area contributed by atoms with E-state index in [4.69, 9.17) is 56.8 Å². The summed E-state index contributed by atoms with van der Waals surface area (Å²) in [6.45, 7) is 25.9. The van der Waals surface area contributed by atoms with Crippen LogP contribution in [0.1, 0.15) is 340 Å². The van der Waals surface area contributed by atoms with E-state index >= 15 is 0 Å². The Morgan fingerprint density at radius 1 is 0.425 bits per heavy atom. The van der Waals surface area contributed by atoms with Gasteiger partial charge in [-0.1, -0.05) is 75.2 Å². The molecule has 36 atom stereocenters. The molecule has 12 bridgehead atoms. The molecular formula is C95H152O18. The van der Waals surface area contributed by atoms with Crippen molar-refractivity contribution in [2.24, 2.45) is 101 Å². The lowest BCUT2D eigenvalue weighted by atomic mass is 9.68. The number of esters is 4. The van der Waals surface area contributed by atoms with Gasteiger partial charge in [0.1, 0.15) is 22.4 Å². The lowest BCUT2D eigenvalue weighted by Crippen LogP contribution is -2.43. The third-order valence-corrected chi connectivity index (χ3v) is 34.9. The van der Waals surface area contributed by atoms with Gasteiger partial charge >= 0.3 is 23.9 Å². The first kappa shape index (κ1) is 84.1. The lowest BCUT2D eigenvalue weighted by molar-refractivity contribution is -0.171. The summed E-state index contributed by atoms with van der Waals surface area (Å²) in [6.07, 6.45) is 44.1. The van der Waals surface area contributed by atoms with E-state index in [0.717, 1.165) is 153 Å². The van der Waals surface area contributed by atoms with Gasteiger partial charge in [-0.05, 0) is 292 Å². The number of carbonyl (C=O) groups is 4. The summed E-state index contributed by atoms with van der Waals surface area (Å²) in [5.41, 5.74) is -1.96. The van der Waals surface area contributed by atoms with E-state index in [2.05, 4.69) is 76.2 Å². The Labute approximate surface area is 679 Å². The summed E-state index contributed by atoms with van der Waals surface area (Å²) in [5.74, 6) is 8.31. The van der Waals surface area contributed by atoms with Crippen LogP contribution in [-0.4, -0.2) is 166 Å². The fourth-order valence-electron chi connectivity index (χ4n) is 30.1. The number of ether oxygens (including phenoxy) is 12. The molecule has 0 spiro atoms. The van der Waals surface area contributed by atoms with Crippen molar-refractivity contribution in [2.45, 2.75) is 472 Å². The highest BCUT2D eigenvalue weighted by molar-refractivity contribution is 5.72. The van der Waals surface area contributed by atoms with Gasteiger partial charge in [-0.2, -0.15) is 0 Å². The number of aliphatic hydroxyl groups is 2. The quantitative estimate of drug-likeness (QED) is 0.0577. The normalized spacial score (nSPS) is 47.3. The fourth-order valence-corrected chi connectivity index (χ4v) is 30.1. The van der Waals surface area contributed by atoms with Gasteiger partial charge in [-0.25, -0.2) is 0 Å². The van der Waals surface area contributed by atoms with Crippen LogP contribution >= 0.6 is 0 Å². The second-order valence-corrected chi connectivity index (χ2v) is 41.7. The lowest BCUT2D eigenvalue weighted by Gasteiger charge is -2.37. The minimum Gasteiger partial charge on any atom is -0.459 e. The molecule has 12 saturated heterocycles. The Morgan fingerprint density at radius 2 is 0.858 bits per heavy atom.